The van der Waals surface area contributed by atoms with Gasteiger partial charge in [0.05, 0.1) is 18.6 Å². The fourth-order valence-electron chi connectivity index (χ4n) is 4.67. The van der Waals surface area contributed by atoms with Crippen molar-refractivity contribution in [3.8, 4) is 11.8 Å². The summed E-state index contributed by atoms with van der Waals surface area (Å²) in [4.78, 5) is 27.4. The molecule has 32 heavy (non-hydrogen) atoms. The van der Waals surface area contributed by atoms with Crippen LogP contribution in [0.2, 0.25) is 0 Å². The van der Waals surface area contributed by atoms with Crippen LogP contribution in [0.5, 0.6) is 5.75 Å². The van der Waals surface area contributed by atoms with Crippen LogP contribution in [-0.2, 0) is 0 Å². The van der Waals surface area contributed by atoms with E-state index in [1.165, 1.54) is 17.7 Å². The highest BCUT2D eigenvalue weighted by Gasteiger charge is 2.37. The van der Waals surface area contributed by atoms with Crippen LogP contribution in [0.15, 0.2) is 15.7 Å². The van der Waals surface area contributed by atoms with Crippen LogP contribution in [0.4, 0.5) is 10.1 Å². The van der Waals surface area contributed by atoms with E-state index < -0.39 is 17.1 Å². The summed E-state index contributed by atoms with van der Waals surface area (Å²) < 4.78 is 23.0. The monoisotopic (exact) mass is 444 g/mol. The second kappa shape index (κ2) is 8.47. The van der Waals surface area contributed by atoms with Gasteiger partial charge in [0.25, 0.3) is 5.56 Å². The van der Waals surface area contributed by atoms with Crippen LogP contribution in [0, 0.1) is 22.6 Å². The van der Waals surface area contributed by atoms with Crippen molar-refractivity contribution in [2.45, 2.75) is 45.1 Å². The van der Waals surface area contributed by atoms with Gasteiger partial charge in [0.2, 0.25) is 0 Å². The standard InChI is InChI=1S/C22H29FN6O3/c1-22(6-10-26-9-3-8-24)7-11-27(13-22)18-16(23)12-15-17(19(18)32-2)28(14-4-5-14)21(31)29(25)20(15)30/h12,14,26H,3-7,9-11,13,25H2,1-2H3. The van der Waals surface area contributed by atoms with Crippen molar-refractivity contribution < 1.29 is 9.13 Å². The first-order valence-corrected chi connectivity index (χ1v) is 11.0. The van der Waals surface area contributed by atoms with Crippen LogP contribution in [0.3, 0.4) is 0 Å². The molecule has 1 unspecified atom stereocenters. The molecule has 1 aromatic heterocycles. The van der Waals surface area contributed by atoms with Crippen LogP contribution in [0.1, 0.15) is 45.1 Å². The fourth-order valence-corrected chi connectivity index (χ4v) is 4.67. The lowest BCUT2D eigenvalue weighted by atomic mass is 9.86. The summed E-state index contributed by atoms with van der Waals surface area (Å²) in [5, 5.41) is 12.0. The first kappa shape index (κ1) is 22.1. The zero-order valence-corrected chi connectivity index (χ0v) is 18.5. The molecule has 0 bridgehead atoms. The molecule has 9 nitrogen and oxygen atoms in total. The number of anilines is 1. The summed E-state index contributed by atoms with van der Waals surface area (Å²) in [6.45, 7) is 4.85. The minimum atomic E-state index is -0.736. The maximum atomic E-state index is 15.4. The molecular formula is C22H29FN6O3. The van der Waals surface area contributed by atoms with E-state index >= 15 is 4.39 Å². The van der Waals surface area contributed by atoms with Gasteiger partial charge in [-0.2, -0.15) is 9.94 Å². The molecular weight excluding hydrogens is 415 g/mol. The minimum absolute atomic E-state index is 0.0388. The third-order valence-corrected chi connectivity index (χ3v) is 6.59. The molecule has 4 rings (SSSR count). The van der Waals surface area contributed by atoms with Gasteiger partial charge in [0, 0.05) is 32.1 Å². The van der Waals surface area contributed by atoms with E-state index in [1.807, 2.05) is 4.90 Å². The molecule has 1 aliphatic heterocycles. The van der Waals surface area contributed by atoms with Crippen molar-refractivity contribution in [2.75, 3.05) is 44.0 Å². The number of nitrogens with zero attached hydrogens (tertiary/aromatic N) is 4. The van der Waals surface area contributed by atoms with E-state index in [1.54, 1.807) is 0 Å². The van der Waals surface area contributed by atoms with E-state index in [2.05, 4.69) is 18.3 Å². The van der Waals surface area contributed by atoms with Crippen molar-refractivity contribution in [1.29, 1.82) is 5.26 Å². The number of hydrogen-bond donors (Lipinski definition) is 2. The number of halogens is 1. The van der Waals surface area contributed by atoms with Gasteiger partial charge < -0.3 is 20.8 Å². The van der Waals surface area contributed by atoms with Crippen molar-refractivity contribution in [1.82, 2.24) is 14.6 Å². The van der Waals surface area contributed by atoms with E-state index in [9.17, 15) is 9.59 Å². The van der Waals surface area contributed by atoms with Gasteiger partial charge in [0.15, 0.2) is 11.6 Å². The van der Waals surface area contributed by atoms with Crippen LogP contribution in [0.25, 0.3) is 10.9 Å². The number of methoxy groups -OCH3 is 1. The van der Waals surface area contributed by atoms with Gasteiger partial charge >= 0.3 is 5.69 Å². The Balaban J connectivity index is 1.73. The number of aromatic nitrogens is 2. The topological polar surface area (TPSA) is 118 Å². The highest BCUT2D eigenvalue weighted by molar-refractivity contribution is 5.91. The third kappa shape index (κ3) is 3.81. The Bertz CT molecular complexity index is 1200. The highest BCUT2D eigenvalue weighted by atomic mass is 19.1. The number of ether oxygens (including phenoxy) is 1. The van der Waals surface area contributed by atoms with E-state index in [0.29, 0.717) is 36.2 Å². The van der Waals surface area contributed by atoms with Gasteiger partial charge in [-0.25, -0.2) is 9.18 Å². The number of benzene rings is 1. The van der Waals surface area contributed by atoms with Crippen LogP contribution >= 0.6 is 0 Å². The molecule has 2 aromatic rings. The Morgan fingerprint density at radius 1 is 1.38 bits per heavy atom. The molecule has 0 radical (unpaired) electrons. The average molecular weight is 445 g/mol. The summed E-state index contributed by atoms with van der Waals surface area (Å²) in [5.41, 5.74) is -0.794. The van der Waals surface area contributed by atoms with Crippen molar-refractivity contribution >= 4 is 16.6 Å². The number of nitriles is 1. The Morgan fingerprint density at radius 3 is 2.78 bits per heavy atom. The number of hydrogen-bond acceptors (Lipinski definition) is 7. The molecule has 1 aromatic carbocycles. The Labute approximate surface area is 185 Å². The van der Waals surface area contributed by atoms with Gasteiger partial charge in [-0.1, -0.05) is 6.92 Å². The zero-order chi connectivity index (χ0) is 23.0. The molecule has 1 atom stereocenters. The second-order valence-electron chi connectivity index (χ2n) is 9.09. The molecule has 3 N–H and O–H groups in total. The number of rotatable bonds is 8. The number of nitrogens with two attached hydrogens (primary N) is 1. The van der Waals surface area contributed by atoms with Crippen molar-refractivity contribution in [2.24, 2.45) is 5.41 Å². The minimum Gasteiger partial charge on any atom is -0.492 e. The molecule has 1 saturated heterocycles. The predicted octanol–water partition coefficient (Wildman–Crippen LogP) is 1.47. The Hall–Kier alpha value is -3.06. The Kier molecular flexibility index (Phi) is 5.86. The molecule has 172 valence electrons. The summed E-state index contributed by atoms with van der Waals surface area (Å²) in [7, 11) is 1.43. The van der Waals surface area contributed by atoms with E-state index in [4.69, 9.17) is 15.8 Å². The average Bonchev–Trinajstić information content (AvgIpc) is 3.53. The summed E-state index contributed by atoms with van der Waals surface area (Å²) in [5.74, 6) is 5.34. The maximum Gasteiger partial charge on any atom is 0.350 e. The third-order valence-electron chi connectivity index (χ3n) is 6.59. The van der Waals surface area contributed by atoms with Gasteiger partial charge in [0.1, 0.15) is 11.2 Å². The molecule has 1 aliphatic carbocycles. The smallest absolute Gasteiger partial charge is 0.350 e. The first-order valence-electron chi connectivity index (χ1n) is 11.0. The highest BCUT2D eigenvalue weighted by Crippen LogP contribution is 2.45. The lowest BCUT2D eigenvalue weighted by Gasteiger charge is -2.27. The van der Waals surface area contributed by atoms with Gasteiger partial charge in [-0.3, -0.25) is 9.36 Å². The molecule has 2 heterocycles. The molecule has 2 aliphatic rings. The Morgan fingerprint density at radius 2 is 2.12 bits per heavy atom. The summed E-state index contributed by atoms with van der Waals surface area (Å²) in [6.07, 6.45) is 3.81. The quantitative estimate of drug-likeness (QED) is 0.467. The lowest BCUT2D eigenvalue weighted by Crippen LogP contribution is -2.44. The lowest BCUT2D eigenvalue weighted by molar-refractivity contribution is 0.331. The van der Waals surface area contributed by atoms with E-state index in [0.717, 1.165) is 32.2 Å². The molecule has 0 spiro atoms. The maximum absolute atomic E-state index is 15.4. The number of fused-ring (bicyclic) bond motifs is 1. The zero-order valence-electron chi connectivity index (χ0n) is 18.5. The van der Waals surface area contributed by atoms with Crippen LogP contribution < -0.4 is 32.0 Å². The molecule has 10 heteroatoms. The van der Waals surface area contributed by atoms with Crippen molar-refractivity contribution in [3.63, 3.8) is 0 Å². The first-order chi connectivity index (χ1) is 15.3. The molecule has 1 saturated carbocycles. The second-order valence-corrected chi connectivity index (χ2v) is 9.09. The predicted molar refractivity (Wildman–Crippen MR) is 120 cm³/mol. The molecule has 2 fully saturated rings. The van der Waals surface area contributed by atoms with Crippen LogP contribution in [-0.4, -0.2) is 42.5 Å². The van der Waals surface area contributed by atoms with Gasteiger partial charge in [-0.05, 0) is 43.7 Å². The van der Waals surface area contributed by atoms with Gasteiger partial charge in [-0.15, -0.1) is 0 Å². The summed E-state index contributed by atoms with van der Waals surface area (Å²) >= 11 is 0. The van der Waals surface area contributed by atoms with Crippen molar-refractivity contribution in [3.05, 3.63) is 32.7 Å². The fraction of sp³-hybridized carbons (Fsp3) is 0.591. The normalized spacial score (nSPS) is 20.6. The number of nitrogens with one attached hydrogen (secondary N) is 1. The van der Waals surface area contributed by atoms with E-state index in [-0.39, 0.29) is 28.3 Å². The number of nitrogen functional groups attached to an aromatic ring is 1. The molecule has 0 amide bonds. The largest absolute Gasteiger partial charge is 0.492 e. The SMILES string of the molecule is COc1c(N2CCC(C)(CCNCCC#N)C2)c(F)cc2c(=O)n(N)c(=O)n(C3CC3)c12. The summed E-state index contributed by atoms with van der Waals surface area (Å²) in [6, 6.07) is 3.22.